The highest BCUT2D eigenvalue weighted by Gasteiger charge is 2.43. The van der Waals surface area contributed by atoms with Crippen LogP contribution in [0, 0.1) is 0 Å². The van der Waals surface area contributed by atoms with Crippen LogP contribution in [-0.4, -0.2) is 23.2 Å². The van der Waals surface area contributed by atoms with Gasteiger partial charge in [0.15, 0.2) is 0 Å². The van der Waals surface area contributed by atoms with Crippen LogP contribution >= 0.6 is 11.3 Å². The number of thiophene rings is 1. The van der Waals surface area contributed by atoms with E-state index in [2.05, 4.69) is 5.32 Å². The third kappa shape index (κ3) is 1.66. The molecule has 1 amide bonds. The highest BCUT2D eigenvalue weighted by atomic mass is 32.1. The molecular formula is C12H15NO2S. The third-order valence-electron chi connectivity index (χ3n) is 3.51. The van der Waals surface area contributed by atoms with Gasteiger partial charge in [-0.25, -0.2) is 0 Å². The standard InChI is InChI=1S/C12H15NO2S/c14-7-12(4-5-12)13-11(15)10-6-8-2-1-3-9(8)16-10/h6,14H,1-5,7H2,(H,13,15). The number of carbonyl (C=O) groups is 1. The number of amides is 1. The lowest BCUT2D eigenvalue weighted by Gasteiger charge is -2.12. The molecule has 16 heavy (non-hydrogen) atoms. The van der Waals surface area contributed by atoms with Crippen LogP contribution in [0.3, 0.4) is 0 Å². The van der Waals surface area contributed by atoms with Crippen molar-refractivity contribution in [3.8, 4) is 0 Å². The van der Waals surface area contributed by atoms with Crippen LogP contribution in [0.1, 0.15) is 39.4 Å². The second kappa shape index (κ2) is 3.57. The number of aryl methyl sites for hydroxylation is 2. The van der Waals surface area contributed by atoms with E-state index in [-0.39, 0.29) is 18.1 Å². The molecule has 0 radical (unpaired) electrons. The highest BCUT2D eigenvalue weighted by molar-refractivity contribution is 7.14. The predicted molar refractivity (Wildman–Crippen MR) is 62.9 cm³/mol. The van der Waals surface area contributed by atoms with Gasteiger partial charge in [-0.05, 0) is 43.7 Å². The van der Waals surface area contributed by atoms with Crippen molar-refractivity contribution in [3.05, 3.63) is 21.4 Å². The number of aliphatic hydroxyl groups is 1. The van der Waals surface area contributed by atoms with Crippen molar-refractivity contribution in [2.24, 2.45) is 0 Å². The first kappa shape index (κ1) is 10.3. The van der Waals surface area contributed by atoms with E-state index in [1.54, 1.807) is 11.3 Å². The van der Waals surface area contributed by atoms with Gasteiger partial charge in [0.2, 0.25) is 0 Å². The molecule has 0 spiro atoms. The number of carbonyl (C=O) groups excluding carboxylic acids is 1. The zero-order chi connectivity index (χ0) is 11.2. The fourth-order valence-electron chi connectivity index (χ4n) is 2.22. The van der Waals surface area contributed by atoms with Crippen LogP contribution in [-0.2, 0) is 12.8 Å². The molecule has 0 bridgehead atoms. The first-order valence-corrected chi connectivity index (χ1v) is 6.59. The minimum Gasteiger partial charge on any atom is -0.394 e. The van der Waals surface area contributed by atoms with Gasteiger partial charge >= 0.3 is 0 Å². The Kier molecular flexibility index (Phi) is 2.30. The number of hydrogen-bond acceptors (Lipinski definition) is 3. The molecule has 1 aromatic heterocycles. The van der Waals surface area contributed by atoms with Crippen LogP contribution in [0.5, 0.6) is 0 Å². The van der Waals surface area contributed by atoms with E-state index in [1.165, 1.54) is 16.9 Å². The molecule has 0 aromatic carbocycles. The fourth-order valence-corrected chi connectivity index (χ4v) is 3.37. The smallest absolute Gasteiger partial charge is 0.261 e. The van der Waals surface area contributed by atoms with Crippen molar-refractivity contribution < 1.29 is 9.90 Å². The van der Waals surface area contributed by atoms with Crippen LogP contribution in [0.2, 0.25) is 0 Å². The lowest BCUT2D eigenvalue weighted by atomic mass is 10.2. The van der Waals surface area contributed by atoms with Crippen LogP contribution < -0.4 is 5.32 Å². The lowest BCUT2D eigenvalue weighted by molar-refractivity contribution is 0.0911. The van der Waals surface area contributed by atoms with E-state index in [0.717, 1.165) is 30.6 Å². The Hall–Kier alpha value is -0.870. The maximum absolute atomic E-state index is 12.0. The number of fused-ring (bicyclic) bond motifs is 1. The predicted octanol–water partition coefficient (Wildman–Crippen LogP) is 1.49. The van der Waals surface area contributed by atoms with Gasteiger partial charge in [-0.3, -0.25) is 4.79 Å². The molecule has 1 aromatic rings. The molecule has 1 heterocycles. The number of aliphatic hydroxyl groups excluding tert-OH is 1. The summed E-state index contributed by atoms with van der Waals surface area (Å²) < 4.78 is 0. The van der Waals surface area contributed by atoms with E-state index < -0.39 is 0 Å². The van der Waals surface area contributed by atoms with Gasteiger partial charge in [-0.1, -0.05) is 0 Å². The van der Waals surface area contributed by atoms with Gasteiger partial charge in [0, 0.05) is 4.88 Å². The average molecular weight is 237 g/mol. The third-order valence-corrected chi connectivity index (χ3v) is 4.74. The van der Waals surface area contributed by atoms with E-state index in [4.69, 9.17) is 5.11 Å². The zero-order valence-corrected chi connectivity index (χ0v) is 9.90. The maximum Gasteiger partial charge on any atom is 0.261 e. The Morgan fingerprint density at radius 1 is 1.50 bits per heavy atom. The Morgan fingerprint density at radius 3 is 2.94 bits per heavy atom. The second-order valence-corrected chi connectivity index (χ2v) is 5.94. The van der Waals surface area contributed by atoms with Gasteiger partial charge in [-0.15, -0.1) is 11.3 Å². The molecule has 2 aliphatic carbocycles. The molecule has 0 aliphatic heterocycles. The molecule has 1 saturated carbocycles. The van der Waals surface area contributed by atoms with Gasteiger partial charge in [0.05, 0.1) is 17.0 Å². The largest absolute Gasteiger partial charge is 0.394 e. The molecule has 86 valence electrons. The average Bonchev–Trinajstić information content (AvgIpc) is 2.72. The number of nitrogens with one attached hydrogen (secondary N) is 1. The fraction of sp³-hybridized carbons (Fsp3) is 0.583. The molecular weight excluding hydrogens is 222 g/mol. The van der Waals surface area contributed by atoms with Gasteiger partial charge in [0.1, 0.15) is 0 Å². The Balaban J connectivity index is 1.74. The minimum atomic E-state index is -0.300. The Labute approximate surface area is 98.5 Å². The van der Waals surface area contributed by atoms with E-state index in [9.17, 15) is 4.79 Å². The van der Waals surface area contributed by atoms with Crippen molar-refractivity contribution in [2.45, 2.75) is 37.6 Å². The van der Waals surface area contributed by atoms with Crippen molar-refractivity contribution in [1.29, 1.82) is 0 Å². The molecule has 4 heteroatoms. The SMILES string of the molecule is O=C(NC1(CO)CC1)c1cc2c(s1)CCC2. The topological polar surface area (TPSA) is 49.3 Å². The van der Waals surface area contributed by atoms with Crippen molar-refractivity contribution >= 4 is 17.2 Å². The quantitative estimate of drug-likeness (QED) is 0.837. The summed E-state index contributed by atoms with van der Waals surface area (Å²) in [6.45, 7) is 0.0594. The zero-order valence-electron chi connectivity index (χ0n) is 9.08. The summed E-state index contributed by atoms with van der Waals surface area (Å²) in [5.74, 6) is -0.00838. The van der Waals surface area contributed by atoms with E-state index in [0.29, 0.717) is 0 Å². The molecule has 0 unspecified atom stereocenters. The van der Waals surface area contributed by atoms with Crippen LogP contribution in [0.15, 0.2) is 6.07 Å². The molecule has 1 fully saturated rings. The van der Waals surface area contributed by atoms with E-state index in [1.807, 2.05) is 6.07 Å². The molecule has 2 aliphatic rings. The molecule has 0 saturated heterocycles. The molecule has 3 rings (SSSR count). The van der Waals surface area contributed by atoms with Gasteiger partial charge in [-0.2, -0.15) is 0 Å². The van der Waals surface area contributed by atoms with Gasteiger partial charge < -0.3 is 10.4 Å². The number of rotatable bonds is 3. The summed E-state index contributed by atoms with van der Waals surface area (Å²) in [6.07, 6.45) is 5.27. The summed E-state index contributed by atoms with van der Waals surface area (Å²) in [5.41, 5.74) is 1.05. The first-order valence-electron chi connectivity index (χ1n) is 5.77. The number of hydrogen-bond donors (Lipinski definition) is 2. The highest BCUT2D eigenvalue weighted by Crippen LogP contribution is 2.36. The first-order chi connectivity index (χ1) is 7.72. The van der Waals surface area contributed by atoms with Crippen LogP contribution in [0.4, 0.5) is 0 Å². The van der Waals surface area contributed by atoms with Gasteiger partial charge in [0.25, 0.3) is 5.91 Å². The van der Waals surface area contributed by atoms with Crippen molar-refractivity contribution in [1.82, 2.24) is 5.32 Å². The molecule has 3 nitrogen and oxygen atoms in total. The van der Waals surface area contributed by atoms with Crippen molar-refractivity contribution in [3.63, 3.8) is 0 Å². The summed E-state index contributed by atoms with van der Waals surface area (Å²) in [5, 5.41) is 12.1. The maximum atomic E-state index is 12.0. The summed E-state index contributed by atoms with van der Waals surface area (Å²) in [4.78, 5) is 14.1. The van der Waals surface area contributed by atoms with Crippen molar-refractivity contribution in [2.75, 3.05) is 6.61 Å². The van der Waals surface area contributed by atoms with Crippen LogP contribution in [0.25, 0.3) is 0 Å². The normalized spacial score (nSPS) is 20.6. The van der Waals surface area contributed by atoms with E-state index >= 15 is 0 Å². The summed E-state index contributed by atoms with van der Waals surface area (Å²) in [6, 6.07) is 2.02. The summed E-state index contributed by atoms with van der Waals surface area (Å²) in [7, 11) is 0. The molecule has 0 atom stereocenters. The second-order valence-electron chi connectivity index (χ2n) is 4.81. The Morgan fingerprint density at radius 2 is 2.31 bits per heavy atom. The summed E-state index contributed by atoms with van der Waals surface area (Å²) >= 11 is 1.62. The Bertz CT molecular complexity index is 413. The molecule has 2 N–H and O–H groups in total. The lowest BCUT2D eigenvalue weighted by Crippen LogP contribution is -2.39. The monoisotopic (exact) mass is 237 g/mol. The minimum absolute atomic E-state index is 0.00838.